The van der Waals surface area contributed by atoms with Crippen LogP contribution in [0.5, 0.6) is 0 Å². The molecule has 0 aliphatic rings. The molecule has 21 heavy (non-hydrogen) atoms. The van der Waals surface area contributed by atoms with Gasteiger partial charge >= 0.3 is 5.97 Å². The summed E-state index contributed by atoms with van der Waals surface area (Å²) in [5, 5.41) is 0. The summed E-state index contributed by atoms with van der Waals surface area (Å²) >= 11 is 0. The fourth-order valence-electron chi connectivity index (χ4n) is 1.53. The first-order valence-corrected chi connectivity index (χ1v) is 8.64. The second kappa shape index (κ2) is 9.69. The molecule has 0 saturated carbocycles. The summed E-state index contributed by atoms with van der Waals surface area (Å²) in [4.78, 5) is 24.8. The number of nitrogens with zero attached hydrogens (tertiary/aromatic N) is 1. The van der Waals surface area contributed by atoms with Crippen LogP contribution in [0.4, 0.5) is 0 Å². The minimum atomic E-state index is -3.19. The second-order valence-corrected chi connectivity index (χ2v) is 6.84. The van der Waals surface area contributed by atoms with E-state index in [1.165, 1.54) is 12.0 Å². The van der Waals surface area contributed by atoms with Gasteiger partial charge in [0, 0.05) is 19.9 Å². The van der Waals surface area contributed by atoms with E-state index in [9.17, 15) is 18.0 Å². The molecular formula is C12H24N2O6S. The third kappa shape index (κ3) is 9.38. The molecule has 1 amide bonds. The lowest BCUT2D eigenvalue weighted by molar-refractivity contribution is -0.149. The van der Waals surface area contributed by atoms with Gasteiger partial charge in [-0.15, -0.1) is 0 Å². The Morgan fingerprint density at radius 1 is 1.33 bits per heavy atom. The van der Waals surface area contributed by atoms with Crippen molar-refractivity contribution >= 4 is 21.7 Å². The molecule has 8 nitrogen and oxygen atoms in total. The first-order valence-electron chi connectivity index (χ1n) is 6.58. The highest BCUT2D eigenvalue weighted by molar-refractivity contribution is 7.90. The van der Waals surface area contributed by atoms with Crippen molar-refractivity contribution in [1.29, 1.82) is 0 Å². The Morgan fingerprint density at radius 3 is 2.43 bits per heavy atom. The van der Waals surface area contributed by atoms with Crippen LogP contribution in [0.3, 0.4) is 0 Å². The topological polar surface area (TPSA) is 116 Å². The molecule has 9 heteroatoms. The summed E-state index contributed by atoms with van der Waals surface area (Å²) in [5.74, 6) is -1.22. The molecule has 0 aliphatic carbocycles. The molecule has 0 aromatic carbocycles. The Hall–Kier alpha value is -1.19. The fraction of sp³-hybridized carbons (Fsp3) is 0.833. The number of ether oxygens (including phenoxy) is 2. The third-order valence-electron chi connectivity index (χ3n) is 2.62. The van der Waals surface area contributed by atoms with Gasteiger partial charge in [0.05, 0.1) is 25.0 Å². The number of esters is 1. The Bertz CT molecular complexity index is 437. The minimum Gasteiger partial charge on any atom is -0.465 e. The summed E-state index contributed by atoms with van der Waals surface area (Å²) in [6, 6.07) is -0.981. The van der Waals surface area contributed by atoms with E-state index < -0.39 is 27.8 Å². The van der Waals surface area contributed by atoms with Crippen LogP contribution in [0.2, 0.25) is 0 Å². The Morgan fingerprint density at radius 2 is 1.95 bits per heavy atom. The zero-order valence-corrected chi connectivity index (χ0v) is 13.5. The van der Waals surface area contributed by atoms with Gasteiger partial charge in [0.2, 0.25) is 5.91 Å². The van der Waals surface area contributed by atoms with Gasteiger partial charge < -0.3 is 20.1 Å². The van der Waals surface area contributed by atoms with Gasteiger partial charge in [-0.2, -0.15) is 0 Å². The van der Waals surface area contributed by atoms with E-state index >= 15 is 0 Å². The maximum absolute atomic E-state index is 12.1. The van der Waals surface area contributed by atoms with Crippen LogP contribution in [0.15, 0.2) is 0 Å². The number of sulfone groups is 1. The molecule has 0 heterocycles. The Labute approximate surface area is 125 Å². The summed E-state index contributed by atoms with van der Waals surface area (Å²) in [7, 11) is -1.73. The molecule has 0 bridgehead atoms. The number of methoxy groups -OCH3 is 1. The van der Waals surface area contributed by atoms with Gasteiger partial charge in [0.15, 0.2) is 0 Å². The average Bonchev–Trinajstić information content (AvgIpc) is 2.39. The van der Waals surface area contributed by atoms with E-state index in [2.05, 4.69) is 0 Å². The van der Waals surface area contributed by atoms with Crippen molar-refractivity contribution in [2.75, 3.05) is 45.4 Å². The maximum atomic E-state index is 12.1. The maximum Gasteiger partial charge on any atom is 0.325 e. The number of carbonyl (C=O) groups excluding carboxylic acids is 2. The largest absolute Gasteiger partial charge is 0.465 e. The van der Waals surface area contributed by atoms with E-state index in [1.807, 2.05) is 0 Å². The Kier molecular flexibility index (Phi) is 9.14. The highest BCUT2D eigenvalue weighted by atomic mass is 32.2. The van der Waals surface area contributed by atoms with Crippen molar-refractivity contribution in [1.82, 2.24) is 4.90 Å². The molecule has 124 valence electrons. The smallest absolute Gasteiger partial charge is 0.325 e. The number of hydrogen-bond donors (Lipinski definition) is 1. The number of hydrogen-bond acceptors (Lipinski definition) is 7. The Balaban J connectivity index is 4.64. The average molecular weight is 324 g/mol. The lowest BCUT2D eigenvalue weighted by Crippen LogP contribution is -2.48. The monoisotopic (exact) mass is 324 g/mol. The van der Waals surface area contributed by atoms with Crippen molar-refractivity contribution in [3.63, 3.8) is 0 Å². The van der Waals surface area contributed by atoms with Crippen molar-refractivity contribution < 1.29 is 27.5 Å². The van der Waals surface area contributed by atoms with Gasteiger partial charge in [-0.05, 0) is 13.3 Å². The number of carbonyl (C=O) groups is 2. The zero-order valence-electron chi connectivity index (χ0n) is 12.7. The normalized spacial score (nSPS) is 12.8. The lowest BCUT2D eigenvalue weighted by Gasteiger charge is -2.24. The molecule has 0 spiro atoms. The predicted molar refractivity (Wildman–Crippen MR) is 77.4 cm³/mol. The van der Waals surface area contributed by atoms with Gasteiger partial charge in [0.1, 0.15) is 16.4 Å². The van der Waals surface area contributed by atoms with Crippen LogP contribution in [0, 0.1) is 0 Å². The van der Waals surface area contributed by atoms with Gasteiger partial charge in [-0.3, -0.25) is 9.59 Å². The second-order valence-electron chi connectivity index (χ2n) is 4.58. The fourth-order valence-corrected chi connectivity index (χ4v) is 2.21. The predicted octanol–water partition coefficient (Wildman–Crippen LogP) is -1.21. The molecule has 1 unspecified atom stereocenters. The molecule has 0 rings (SSSR count). The lowest BCUT2D eigenvalue weighted by atomic mass is 10.2. The van der Waals surface area contributed by atoms with E-state index in [-0.39, 0.29) is 38.5 Å². The van der Waals surface area contributed by atoms with Crippen LogP contribution >= 0.6 is 0 Å². The highest BCUT2D eigenvalue weighted by Crippen LogP contribution is 2.01. The summed E-state index contributed by atoms with van der Waals surface area (Å²) < 4.78 is 31.8. The van der Waals surface area contributed by atoms with Gasteiger partial charge in [-0.1, -0.05) is 0 Å². The number of rotatable bonds is 10. The molecular weight excluding hydrogens is 300 g/mol. The summed E-state index contributed by atoms with van der Waals surface area (Å²) in [5.41, 5.74) is 5.70. The minimum absolute atomic E-state index is 0.00394. The van der Waals surface area contributed by atoms with Crippen LogP contribution < -0.4 is 5.73 Å². The molecule has 2 N–H and O–H groups in total. The van der Waals surface area contributed by atoms with Crippen molar-refractivity contribution in [2.45, 2.75) is 19.4 Å². The molecule has 0 fully saturated rings. The molecule has 1 atom stereocenters. The van der Waals surface area contributed by atoms with Crippen molar-refractivity contribution in [2.24, 2.45) is 5.73 Å². The van der Waals surface area contributed by atoms with E-state index in [0.717, 1.165) is 6.26 Å². The van der Waals surface area contributed by atoms with Crippen LogP contribution in [0.1, 0.15) is 13.3 Å². The summed E-state index contributed by atoms with van der Waals surface area (Å²) in [6.07, 6.45) is 1.08. The standard InChI is InChI=1S/C12H24N2O6S/c1-4-20-11(15)9-14(6-7-19-2)12(16)10(13)5-8-21(3,17)18/h10H,4-9,13H2,1-3H3. The SMILES string of the molecule is CCOC(=O)CN(CCOC)C(=O)C(N)CCS(C)(=O)=O. The summed E-state index contributed by atoms with van der Waals surface area (Å²) in [6.45, 7) is 2.07. The molecule has 0 aromatic heterocycles. The molecule has 0 aliphatic heterocycles. The number of amides is 1. The number of nitrogens with two attached hydrogens (primary N) is 1. The van der Waals surface area contributed by atoms with E-state index in [1.54, 1.807) is 6.92 Å². The van der Waals surface area contributed by atoms with Crippen molar-refractivity contribution in [3.8, 4) is 0 Å². The highest BCUT2D eigenvalue weighted by Gasteiger charge is 2.24. The van der Waals surface area contributed by atoms with Crippen LogP contribution in [-0.4, -0.2) is 76.7 Å². The first-order chi connectivity index (χ1) is 9.71. The van der Waals surface area contributed by atoms with Crippen LogP contribution in [0.25, 0.3) is 0 Å². The molecule has 0 radical (unpaired) electrons. The molecule has 0 saturated heterocycles. The van der Waals surface area contributed by atoms with Gasteiger partial charge in [-0.25, -0.2) is 8.42 Å². The third-order valence-corrected chi connectivity index (χ3v) is 3.60. The van der Waals surface area contributed by atoms with E-state index in [4.69, 9.17) is 15.2 Å². The quantitative estimate of drug-likeness (QED) is 0.501. The van der Waals surface area contributed by atoms with Gasteiger partial charge in [0.25, 0.3) is 0 Å². The first kappa shape index (κ1) is 19.8. The molecule has 0 aromatic rings. The van der Waals surface area contributed by atoms with Crippen molar-refractivity contribution in [3.05, 3.63) is 0 Å². The zero-order chi connectivity index (χ0) is 16.5. The van der Waals surface area contributed by atoms with E-state index in [0.29, 0.717) is 0 Å². The van der Waals surface area contributed by atoms with Crippen LogP contribution in [-0.2, 0) is 28.9 Å².